The molecule has 3 atom stereocenters. The highest BCUT2D eigenvalue weighted by atomic mass is 16.2. The van der Waals surface area contributed by atoms with Gasteiger partial charge in [0.2, 0.25) is 5.91 Å². The normalized spacial score (nSPS) is 32.2. The van der Waals surface area contributed by atoms with E-state index in [0.717, 1.165) is 6.54 Å². The highest BCUT2D eigenvalue weighted by molar-refractivity contribution is 5.80. The second kappa shape index (κ2) is 3.46. The van der Waals surface area contributed by atoms with Crippen LogP contribution in [-0.4, -0.2) is 12.5 Å². The Morgan fingerprint density at radius 1 is 1.42 bits per heavy atom. The number of nitrogens with one attached hydrogen (secondary N) is 1. The van der Waals surface area contributed by atoms with Crippen molar-refractivity contribution in [3.63, 3.8) is 0 Å². The van der Waals surface area contributed by atoms with E-state index in [-0.39, 0.29) is 11.8 Å². The molecule has 0 radical (unpaired) electrons. The minimum Gasteiger partial charge on any atom is -0.356 e. The van der Waals surface area contributed by atoms with E-state index in [0.29, 0.717) is 17.8 Å². The van der Waals surface area contributed by atoms with Gasteiger partial charge < -0.3 is 5.32 Å². The predicted octanol–water partition coefficient (Wildman–Crippen LogP) is 1.66. The Hall–Kier alpha value is -0.530. The lowest BCUT2D eigenvalue weighted by Gasteiger charge is -2.24. The molecule has 2 heteroatoms. The van der Waals surface area contributed by atoms with E-state index in [2.05, 4.69) is 26.1 Å². The van der Waals surface area contributed by atoms with Crippen LogP contribution in [0.1, 0.15) is 27.7 Å². The average Bonchev–Trinajstić information content (AvgIpc) is 2.32. The zero-order valence-electron chi connectivity index (χ0n) is 8.42. The number of amides is 1. The third kappa shape index (κ3) is 1.62. The molecule has 1 amide bonds. The van der Waals surface area contributed by atoms with Crippen LogP contribution in [0.25, 0.3) is 0 Å². The zero-order valence-corrected chi connectivity index (χ0v) is 8.42. The summed E-state index contributed by atoms with van der Waals surface area (Å²) in [5.41, 5.74) is 0. The van der Waals surface area contributed by atoms with Crippen LogP contribution in [0.5, 0.6) is 0 Å². The maximum absolute atomic E-state index is 11.2. The van der Waals surface area contributed by atoms with Gasteiger partial charge in [-0.3, -0.25) is 4.79 Å². The minimum absolute atomic E-state index is 0.211. The summed E-state index contributed by atoms with van der Waals surface area (Å²) in [5, 5.41) is 2.92. The third-order valence-electron chi connectivity index (χ3n) is 3.29. The smallest absolute Gasteiger partial charge is 0.223 e. The number of hydrogen-bond acceptors (Lipinski definition) is 1. The third-order valence-corrected chi connectivity index (χ3v) is 3.29. The van der Waals surface area contributed by atoms with Gasteiger partial charge in [0.05, 0.1) is 0 Å². The van der Waals surface area contributed by atoms with E-state index in [1.807, 2.05) is 6.92 Å². The van der Waals surface area contributed by atoms with Gasteiger partial charge in [-0.1, -0.05) is 27.7 Å². The van der Waals surface area contributed by atoms with Gasteiger partial charge in [-0.15, -0.1) is 0 Å². The lowest BCUT2D eigenvalue weighted by Crippen LogP contribution is -2.23. The Morgan fingerprint density at radius 2 is 2.00 bits per heavy atom. The molecule has 1 N–H and O–H groups in total. The van der Waals surface area contributed by atoms with Crippen molar-refractivity contribution in [3.8, 4) is 0 Å². The summed E-state index contributed by atoms with van der Waals surface area (Å²) in [6.07, 6.45) is 0. The SMILES string of the molecule is CC(C)C(C)C1CNC(=O)C1C. The summed E-state index contributed by atoms with van der Waals surface area (Å²) in [4.78, 5) is 11.2. The molecule has 1 aliphatic heterocycles. The average molecular weight is 169 g/mol. The molecule has 12 heavy (non-hydrogen) atoms. The zero-order chi connectivity index (χ0) is 9.30. The number of carbonyl (C=O) groups excluding carboxylic acids is 1. The minimum atomic E-state index is 0.211. The van der Waals surface area contributed by atoms with Crippen molar-refractivity contribution in [2.75, 3.05) is 6.54 Å². The summed E-state index contributed by atoms with van der Waals surface area (Å²) < 4.78 is 0. The standard InChI is InChI=1S/C10H19NO/c1-6(2)7(3)9-5-11-10(12)8(9)4/h6-9H,5H2,1-4H3,(H,11,12). The van der Waals surface area contributed by atoms with Crippen molar-refractivity contribution in [1.82, 2.24) is 5.32 Å². The molecule has 0 saturated carbocycles. The fourth-order valence-electron chi connectivity index (χ4n) is 1.89. The van der Waals surface area contributed by atoms with Crippen molar-refractivity contribution in [3.05, 3.63) is 0 Å². The molecule has 0 aromatic heterocycles. The van der Waals surface area contributed by atoms with E-state index < -0.39 is 0 Å². The van der Waals surface area contributed by atoms with Crippen LogP contribution in [0.4, 0.5) is 0 Å². The molecule has 1 aliphatic rings. The Labute approximate surface area is 74.7 Å². The summed E-state index contributed by atoms with van der Waals surface area (Å²) in [5.74, 6) is 2.29. The first-order chi connectivity index (χ1) is 5.54. The predicted molar refractivity (Wildman–Crippen MR) is 49.7 cm³/mol. The van der Waals surface area contributed by atoms with Crippen LogP contribution >= 0.6 is 0 Å². The van der Waals surface area contributed by atoms with Crippen LogP contribution in [0, 0.1) is 23.7 Å². The molecule has 0 aromatic carbocycles. The second-order valence-corrected chi connectivity index (χ2v) is 4.30. The Balaban J connectivity index is 2.59. The molecule has 0 spiro atoms. The first kappa shape index (κ1) is 9.56. The van der Waals surface area contributed by atoms with E-state index in [1.165, 1.54) is 0 Å². The van der Waals surface area contributed by atoms with Gasteiger partial charge in [0.25, 0.3) is 0 Å². The van der Waals surface area contributed by atoms with Crippen LogP contribution in [-0.2, 0) is 4.79 Å². The van der Waals surface area contributed by atoms with Crippen LogP contribution in [0.15, 0.2) is 0 Å². The first-order valence-corrected chi connectivity index (χ1v) is 4.81. The van der Waals surface area contributed by atoms with Crippen molar-refractivity contribution in [2.45, 2.75) is 27.7 Å². The Bertz CT molecular complexity index is 177. The van der Waals surface area contributed by atoms with E-state index >= 15 is 0 Å². The van der Waals surface area contributed by atoms with Gasteiger partial charge in [0, 0.05) is 12.5 Å². The number of carbonyl (C=O) groups is 1. The summed E-state index contributed by atoms with van der Waals surface area (Å²) in [7, 11) is 0. The summed E-state index contributed by atoms with van der Waals surface area (Å²) >= 11 is 0. The molecule has 1 saturated heterocycles. The highest BCUT2D eigenvalue weighted by Crippen LogP contribution is 2.29. The highest BCUT2D eigenvalue weighted by Gasteiger charge is 2.35. The molecular formula is C10H19NO. The quantitative estimate of drug-likeness (QED) is 0.669. The molecule has 1 rings (SSSR count). The van der Waals surface area contributed by atoms with Crippen molar-refractivity contribution in [2.24, 2.45) is 23.7 Å². The van der Waals surface area contributed by atoms with Crippen LogP contribution in [0.3, 0.4) is 0 Å². The van der Waals surface area contributed by atoms with Crippen molar-refractivity contribution < 1.29 is 4.79 Å². The van der Waals surface area contributed by atoms with E-state index in [1.54, 1.807) is 0 Å². The van der Waals surface area contributed by atoms with Gasteiger partial charge >= 0.3 is 0 Å². The monoisotopic (exact) mass is 169 g/mol. The van der Waals surface area contributed by atoms with Gasteiger partial charge in [-0.2, -0.15) is 0 Å². The number of rotatable bonds is 2. The lowest BCUT2D eigenvalue weighted by molar-refractivity contribution is -0.122. The van der Waals surface area contributed by atoms with Crippen LogP contribution in [0.2, 0.25) is 0 Å². The Morgan fingerprint density at radius 3 is 2.33 bits per heavy atom. The molecule has 0 aromatic rings. The fourth-order valence-corrected chi connectivity index (χ4v) is 1.89. The van der Waals surface area contributed by atoms with Gasteiger partial charge in [0.15, 0.2) is 0 Å². The second-order valence-electron chi connectivity index (χ2n) is 4.30. The maximum Gasteiger partial charge on any atom is 0.223 e. The molecule has 1 heterocycles. The number of hydrogen-bond donors (Lipinski definition) is 1. The molecule has 2 nitrogen and oxygen atoms in total. The molecule has 0 bridgehead atoms. The lowest BCUT2D eigenvalue weighted by atomic mass is 9.79. The largest absolute Gasteiger partial charge is 0.356 e. The van der Waals surface area contributed by atoms with Crippen LogP contribution < -0.4 is 5.32 Å². The van der Waals surface area contributed by atoms with Crippen molar-refractivity contribution in [1.29, 1.82) is 0 Å². The molecule has 3 unspecified atom stereocenters. The molecule has 0 aliphatic carbocycles. The van der Waals surface area contributed by atoms with Crippen molar-refractivity contribution >= 4 is 5.91 Å². The van der Waals surface area contributed by atoms with E-state index in [4.69, 9.17) is 0 Å². The van der Waals surface area contributed by atoms with Gasteiger partial charge in [-0.25, -0.2) is 0 Å². The summed E-state index contributed by atoms with van der Waals surface area (Å²) in [6, 6.07) is 0. The molecule has 1 fully saturated rings. The summed E-state index contributed by atoms with van der Waals surface area (Å²) in [6.45, 7) is 9.59. The van der Waals surface area contributed by atoms with Gasteiger partial charge in [-0.05, 0) is 17.8 Å². The topological polar surface area (TPSA) is 29.1 Å². The Kier molecular flexibility index (Phi) is 2.76. The molecule has 70 valence electrons. The first-order valence-electron chi connectivity index (χ1n) is 4.81. The molecular weight excluding hydrogens is 150 g/mol. The maximum atomic E-state index is 11.2. The van der Waals surface area contributed by atoms with Gasteiger partial charge in [0.1, 0.15) is 0 Å². The van der Waals surface area contributed by atoms with E-state index in [9.17, 15) is 4.79 Å². The fraction of sp³-hybridized carbons (Fsp3) is 0.900.